The predicted molar refractivity (Wildman–Crippen MR) is 68.9 cm³/mol. The van der Waals surface area contributed by atoms with Crippen molar-refractivity contribution in [3.05, 3.63) is 12.7 Å². The molecule has 14 heteroatoms. The Balaban J connectivity index is 6.05. The highest BCUT2D eigenvalue weighted by molar-refractivity contribution is 7.86. The standard InChI is InChI=1S/C11H14F5NO7S/c1-4-7(18)24-10(11(14,15)16,8(19)17-6(2)3)23-5-9(12,13)25(20,21)22/h4,6H,1,5H2,2-3H3,(H,17,19)(H,20,21,22)/p-1. The minimum absolute atomic E-state index is 0.176. The lowest BCUT2D eigenvalue weighted by atomic mass is 10.2. The number of esters is 1. The Morgan fingerprint density at radius 1 is 1.24 bits per heavy atom. The summed E-state index contributed by atoms with van der Waals surface area (Å²) >= 11 is 0. The van der Waals surface area contributed by atoms with Crippen molar-refractivity contribution in [3.63, 3.8) is 0 Å². The molecule has 0 aromatic carbocycles. The molecule has 0 saturated heterocycles. The maximum absolute atomic E-state index is 13.3. The summed E-state index contributed by atoms with van der Waals surface area (Å²) in [6.45, 7) is 2.44. The van der Waals surface area contributed by atoms with Crippen LogP contribution in [-0.4, -0.2) is 54.7 Å². The van der Waals surface area contributed by atoms with Gasteiger partial charge >= 0.3 is 29.1 Å². The van der Waals surface area contributed by atoms with E-state index < -0.39 is 51.9 Å². The maximum Gasteiger partial charge on any atom is 0.466 e. The largest absolute Gasteiger partial charge is 0.743 e. The fraction of sp³-hybridized carbons (Fsp3) is 0.636. The molecule has 0 spiro atoms. The van der Waals surface area contributed by atoms with Gasteiger partial charge in [0.25, 0.3) is 0 Å². The van der Waals surface area contributed by atoms with Crippen molar-refractivity contribution in [1.82, 2.24) is 5.32 Å². The molecular formula is C11H13F5NO7S-. The highest BCUT2D eigenvalue weighted by Crippen LogP contribution is 2.37. The van der Waals surface area contributed by atoms with Gasteiger partial charge in [-0.2, -0.15) is 22.0 Å². The molecule has 0 aromatic heterocycles. The molecule has 146 valence electrons. The normalized spacial score (nSPS) is 15.4. The molecule has 0 heterocycles. The molecule has 0 aliphatic carbocycles. The summed E-state index contributed by atoms with van der Waals surface area (Å²) in [7, 11) is -6.42. The first-order valence-corrected chi connectivity index (χ1v) is 7.61. The van der Waals surface area contributed by atoms with Crippen molar-refractivity contribution in [1.29, 1.82) is 0 Å². The molecule has 0 fully saturated rings. The number of hydrogen-bond acceptors (Lipinski definition) is 7. The van der Waals surface area contributed by atoms with Crippen molar-refractivity contribution in [2.45, 2.75) is 37.1 Å². The number of carbonyl (C=O) groups excluding carboxylic acids is 2. The van der Waals surface area contributed by atoms with Crippen LogP contribution < -0.4 is 5.32 Å². The van der Waals surface area contributed by atoms with Crippen LogP contribution in [0.15, 0.2) is 12.7 Å². The summed E-state index contributed by atoms with van der Waals surface area (Å²) in [6, 6.07) is -0.982. The first-order chi connectivity index (χ1) is 11.0. The van der Waals surface area contributed by atoms with Gasteiger partial charge in [-0.05, 0) is 13.8 Å². The predicted octanol–water partition coefficient (Wildman–Crippen LogP) is 0.653. The van der Waals surface area contributed by atoms with Crippen molar-refractivity contribution in [2.24, 2.45) is 0 Å². The third-order valence-corrected chi connectivity index (χ3v) is 3.16. The quantitative estimate of drug-likeness (QED) is 0.209. The highest BCUT2D eigenvalue weighted by atomic mass is 32.2. The lowest BCUT2D eigenvalue weighted by molar-refractivity contribution is -0.352. The van der Waals surface area contributed by atoms with E-state index in [0.29, 0.717) is 0 Å². The third-order valence-electron chi connectivity index (χ3n) is 2.31. The fourth-order valence-electron chi connectivity index (χ4n) is 1.21. The number of hydrogen-bond donors (Lipinski definition) is 1. The molecule has 0 saturated carbocycles. The topological polar surface area (TPSA) is 122 Å². The summed E-state index contributed by atoms with van der Waals surface area (Å²) in [6.07, 6.45) is -5.73. The van der Waals surface area contributed by atoms with Crippen LogP contribution in [0.1, 0.15) is 13.8 Å². The van der Waals surface area contributed by atoms with Crippen LogP contribution >= 0.6 is 0 Å². The van der Waals surface area contributed by atoms with E-state index >= 15 is 0 Å². The third kappa shape index (κ3) is 5.61. The fourth-order valence-corrected chi connectivity index (χ4v) is 1.41. The number of rotatable bonds is 8. The zero-order valence-electron chi connectivity index (χ0n) is 12.7. The Kier molecular flexibility index (Phi) is 7.07. The first kappa shape index (κ1) is 23.2. The van der Waals surface area contributed by atoms with E-state index in [1.165, 1.54) is 13.8 Å². The summed E-state index contributed by atoms with van der Waals surface area (Å²) in [5, 5.41) is -3.70. The molecule has 8 nitrogen and oxygen atoms in total. The number of alkyl halides is 5. The second-order valence-electron chi connectivity index (χ2n) is 4.75. The van der Waals surface area contributed by atoms with Gasteiger partial charge in [-0.1, -0.05) is 6.58 Å². The van der Waals surface area contributed by atoms with Gasteiger partial charge < -0.3 is 19.3 Å². The lowest BCUT2D eigenvalue weighted by Gasteiger charge is -2.34. The molecule has 1 atom stereocenters. The van der Waals surface area contributed by atoms with Gasteiger partial charge in [0.1, 0.15) is 6.61 Å². The minimum Gasteiger partial charge on any atom is -0.743 e. The molecule has 25 heavy (non-hydrogen) atoms. The number of amides is 1. The van der Waals surface area contributed by atoms with E-state index in [1.54, 1.807) is 5.32 Å². The minimum atomic E-state index is -6.42. The monoisotopic (exact) mass is 398 g/mol. The Morgan fingerprint density at radius 2 is 1.72 bits per heavy atom. The highest BCUT2D eigenvalue weighted by Gasteiger charge is 2.67. The Labute approximate surface area is 138 Å². The van der Waals surface area contributed by atoms with E-state index in [9.17, 15) is 44.5 Å². The smallest absolute Gasteiger partial charge is 0.466 e. The lowest BCUT2D eigenvalue weighted by Crippen LogP contribution is -2.63. The van der Waals surface area contributed by atoms with Crippen LogP contribution in [0.5, 0.6) is 0 Å². The van der Waals surface area contributed by atoms with E-state index in [-0.39, 0.29) is 6.08 Å². The molecule has 0 aliphatic heterocycles. The SMILES string of the molecule is C=CC(=O)OC(OCC(F)(F)S(=O)(=O)[O-])(C(=O)NC(C)C)C(F)(F)F. The van der Waals surface area contributed by atoms with Crippen LogP contribution in [0, 0.1) is 0 Å². The van der Waals surface area contributed by atoms with Gasteiger partial charge in [-0.15, -0.1) is 0 Å². The van der Waals surface area contributed by atoms with Gasteiger partial charge in [-0.3, -0.25) is 4.79 Å². The summed E-state index contributed by atoms with van der Waals surface area (Å²) in [5.74, 6) is -8.73. The van der Waals surface area contributed by atoms with E-state index in [0.717, 1.165) is 0 Å². The Bertz CT molecular complexity index is 631. The van der Waals surface area contributed by atoms with Crippen LogP contribution in [0.25, 0.3) is 0 Å². The molecular weight excluding hydrogens is 385 g/mol. The van der Waals surface area contributed by atoms with Crippen LogP contribution in [0.4, 0.5) is 22.0 Å². The van der Waals surface area contributed by atoms with Crippen molar-refractivity contribution in [2.75, 3.05) is 6.61 Å². The molecule has 0 aliphatic rings. The Hall–Kier alpha value is -1.80. The number of nitrogens with one attached hydrogen (secondary N) is 1. The van der Waals surface area contributed by atoms with Gasteiger partial charge in [0.2, 0.25) is 0 Å². The number of halogens is 5. The molecule has 0 radical (unpaired) electrons. The number of carbonyl (C=O) groups is 2. The maximum atomic E-state index is 13.3. The van der Waals surface area contributed by atoms with Gasteiger partial charge in [0.05, 0.1) is 0 Å². The van der Waals surface area contributed by atoms with Crippen LogP contribution in [0.2, 0.25) is 0 Å². The molecule has 0 rings (SSSR count). The first-order valence-electron chi connectivity index (χ1n) is 6.20. The summed E-state index contributed by atoms with van der Waals surface area (Å²) in [4.78, 5) is 22.9. The van der Waals surface area contributed by atoms with Crippen LogP contribution in [0.3, 0.4) is 0 Å². The van der Waals surface area contributed by atoms with E-state index in [2.05, 4.69) is 16.1 Å². The molecule has 1 N–H and O–H groups in total. The average molecular weight is 398 g/mol. The van der Waals surface area contributed by atoms with Gasteiger partial charge in [0.15, 0.2) is 10.1 Å². The summed E-state index contributed by atoms with van der Waals surface area (Å²) in [5.41, 5.74) is 0. The second-order valence-corrected chi connectivity index (χ2v) is 6.25. The van der Waals surface area contributed by atoms with Gasteiger partial charge in [-0.25, -0.2) is 13.2 Å². The Morgan fingerprint density at radius 3 is 2.04 bits per heavy atom. The zero-order valence-corrected chi connectivity index (χ0v) is 13.5. The van der Waals surface area contributed by atoms with Crippen molar-refractivity contribution < 1.29 is 54.0 Å². The van der Waals surface area contributed by atoms with E-state index in [4.69, 9.17) is 0 Å². The average Bonchev–Trinajstić information content (AvgIpc) is 2.39. The summed E-state index contributed by atoms with van der Waals surface area (Å²) < 4.78 is 105. The molecule has 0 bridgehead atoms. The molecule has 0 aromatic rings. The second kappa shape index (κ2) is 7.61. The van der Waals surface area contributed by atoms with Crippen LogP contribution in [-0.2, 0) is 29.2 Å². The molecule has 1 unspecified atom stereocenters. The van der Waals surface area contributed by atoms with Gasteiger partial charge in [0, 0.05) is 12.1 Å². The van der Waals surface area contributed by atoms with Crippen molar-refractivity contribution in [3.8, 4) is 0 Å². The van der Waals surface area contributed by atoms with E-state index in [1.807, 2.05) is 0 Å². The van der Waals surface area contributed by atoms with Crippen molar-refractivity contribution >= 4 is 22.0 Å². The molecule has 1 amide bonds. The zero-order chi connectivity index (χ0) is 20.3. The number of ether oxygens (including phenoxy) is 2.